The average molecular weight is 430 g/mol. The second kappa shape index (κ2) is 7.94. The van der Waals surface area contributed by atoms with E-state index in [-0.39, 0.29) is 11.0 Å². The van der Waals surface area contributed by atoms with Crippen LogP contribution >= 0.6 is 0 Å². The van der Waals surface area contributed by atoms with E-state index in [1.165, 1.54) is 12.1 Å². The van der Waals surface area contributed by atoms with E-state index in [1.54, 1.807) is 10.8 Å². The van der Waals surface area contributed by atoms with Gasteiger partial charge in [-0.05, 0) is 47.7 Å². The van der Waals surface area contributed by atoms with Crippen molar-refractivity contribution in [3.8, 4) is 11.5 Å². The number of nitrogens with one attached hydrogen (secondary N) is 1. The van der Waals surface area contributed by atoms with Crippen LogP contribution in [-0.2, 0) is 15.4 Å². The Labute approximate surface area is 166 Å². The van der Waals surface area contributed by atoms with Crippen LogP contribution < -0.4 is 14.6 Å². The summed E-state index contributed by atoms with van der Waals surface area (Å²) in [6.45, 7) is 5.80. The van der Waals surface area contributed by atoms with Crippen molar-refractivity contribution < 1.29 is 36.2 Å². The minimum absolute atomic E-state index is 0.291. The molecule has 158 valence electrons. The van der Waals surface area contributed by atoms with Gasteiger partial charge in [0.2, 0.25) is 0 Å². The average Bonchev–Trinajstić information content (AvgIpc) is 2.60. The Morgan fingerprint density at radius 1 is 1.10 bits per heavy atom. The molecule has 0 spiro atoms. The Bertz CT molecular complexity index is 999. The molecule has 0 heterocycles. The van der Waals surface area contributed by atoms with Gasteiger partial charge in [0.25, 0.3) is 15.9 Å². The summed E-state index contributed by atoms with van der Waals surface area (Å²) in [5.74, 6) is -2.38. The van der Waals surface area contributed by atoms with Gasteiger partial charge in [0.05, 0.1) is 4.90 Å². The number of ether oxygens (including phenoxy) is 1. The molecule has 10 heteroatoms. The van der Waals surface area contributed by atoms with Gasteiger partial charge >= 0.3 is 6.36 Å². The third kappa shape index (κ3) is 5.63. The Morgan fingerprint density at radius 2 is 1.69 bits per heavy atom. The molecule has 29 heavy (non-hydrogen) atoms. The van der Waals surface area contributed by atoms with Crippen molar-refractivity contribution in [2.24, 2.45) is 0 Å². The first-order valence-electron chi connectivity index (χ1n) is 8.50. The Balaban J connectivity index is 2.21. The van der Waals surface area contributed by atoms with Crippen molar-refractivity contribution >= 4 is 15.9 Å². The van der Waals surface area contributed by atoms with Crippen LogP contribution in [0.15, 0.2) is 47.4 Å². The van der Waals surface area contributed by atoms with E-state index in [0.717, 1.165) is 30.7 Å². The van der Waals surface area contributed by atoms with Gasteiger partial charge in [-0.2, -0.15) is 0 Å². The highest BCUT2D eigenvalue weighted by molar-refractivity contribution is 7.90. The monoisotopic (exact) mass is 430 g/mol. The summed E-state index contributed by atoms with van der Waals surface area (Å²) < 4.78 is 66.5. The van der Waals surface area contributed by atoms with E-state index in [1.807, 2.05) is 20.8 Å². The third-order valence-corrected chi connectivity index (χ3v) is 5.83. The molecule has 0 aliphatic carbocycles. The molecule has 1 N–H and O–H groups in total. The maximum Gasteiger partial charge on any atom is 0.573 e. The lowest BCUT2D eigenvalue weighted by atomic mass is 9.82. The smallest absolute Gasteiger partial charge is 0.573 e. The van der Waals surface area contributed by atoms with Crippen LogP contribution in [0.3, 0.4) is 0 Å². The highest BCUT2D eigenvalue weighted by Crippen LogP contribution is 2.30. The standard InChI is InChI=1S/C19H20F3NO5S/c1-4-18(2,3)12-5-10-15(16(24)11-12)17(25)23-29(26,27)14-8-6-13(7-9-14)28-19(20,21)22/h5-11,24H,4H2,1-3H3,(H,23,25)/p-1. The van der Waals surface area contributed by atoms with Crippen LogP contribution in [0.2, 0.25) is 0 Å². The first-order valence-corrected chi connectivity index (χ1v) is 9.98. The summed E-state index contributed by atoms with van der Waals surface area (Å²) in [6, 6.07) is 7.41. The molecule has 2 aromatic carbocycles. The molecule has 2 rings (SSSR count). The minimum Gasteiger partial charge on any atom is -0.872 e. The molecule has 0 aliphatic rings. The van der Waals surface area contributed by atoms with Crippen LogP contribution in [0.1, 0.15) is 43.1 Å². The first-order chi connectivity index (χ1) is 13.2. The third-order valence-electron chi connectivity index (χ3n) is 4.49. The number of alkyl halides is 3. The molecule has 2 aromatic rings. The molecule has 1 amide bonds. The van der Waals surface area contributed by atoms with E-state index < -0.39 is 38.7 Å². The number of sulfonamides is 1. The lowest BCUT2D eigenvalue weighted by Crippen LogP contribution is -2.31. The molecule has 0 aromatic heterocycles. The van der Waals surface area contributed by atoms with Gasteiger partial charge in [-0.1, -0.05) is 38.7 Å². The van der Waals surface area contributed by atoms with Crippen molar-refractivity contribution in [3.05, 3.63) is 53.6 Å². The highest BCUT2D eigenvalue weighted by atomic mass is 32.2. The summed E-state index contributed by atoms with van der Waals surface area (Å²) >= 11 is 0. The fourth-order valence-corrected chi connectivity index (χ4v) is 3.36. The van der Waals surface area contributed by atoms with Gasteiger partial charge in [-0.25, -0.2) is 13.1 Å². The van der Waals surface area contributed by atoms with Crippen molar-refractivity contribution in [2.75, 3.05) is 0 Å². The van der Waals surface area contributed by atoms with E-state index in [2.05, 4.69) is 4.74 Å². The number of hydrogen-bond donors (Lipinski definition) is 1. The Morgan fingerprint density at radius 3 is 2.17 bits per heavy atom. The van der Waals surface area contributed by atoms with Crippen LogP contribution in [0, 0.1) is 0 Å². The molecule has 0 aliphatic heterocycles. The van der Waals surface area contributed by atoms with E-state index in [4.69, 9.17) is 0 Å². The lowest BCUT2D eigenvalue weighted by Gasteiger charge is -2.26. The van der Waals surface area contributed by atoms with Gasteiger partial charge in [-0.15, -0.1) is 13.2 Å². The minimum atomic E-state index is -4.92. The lowest BCUT2D eigenvalue weighted by molar-refractivity contribution is -0.274. The number of carbonyl (C=O) groups excluding carboxylic acids is 1. The van der Waals surface area contributed by atoms with Gasteiger partial charge in [0.1, 0.15) is 5.75 Å². The molecule has 6 nitrogen and oxygen atoms in total. The van der Waals surface area contributed by atoms with E-state index in [9.17, 15) is 31.5 Å². The largest absolute Gasteiger partial charge is 0.872 e. The Hall–Kier alpha value is -2.75. The van der Waals surface area contributed by atoms with Crippen molar-refractivity contribution in [1.29, 1.82) is 0 Å². The summed E-state index contributed by atoms with van der Waals surface area (Å²) in [6.07, 6.45) is -4.17. The van der Waals surface area contributed by atoms with Gasteiger partial charge in [0.15, 0.2) is 0 Å². The number of hydrogen-bond acceptors (Lipinski definition) is 5. The molecule has 0 unspecified atom stereocenters. The molecule has 0 saturated heterocycles. The quantitative estimate of drug-likeness (QED) is 0.757. The maximum absolute atomic E-state index is 12.3. The predicted octanol–water partition coefficient (Wildman–Crippen LogP) is 3.47. The van der Waals surface area contributed by atoms with Crippen LogP contribution in [0.4, 0.5) is 13.2 Å². The zero-order chi connectivity index (χ0) is 22.0. The van der Waals surface area contributed by atoms with Crippen molar-refractivity contribution in [2.45, 2.75) is 43.9 Å². The second-order valence-electron chi connectivity index (χ2n) is 6.90. The van der Waals surface area contributed by atoms with Crippen LogP contribution in [0.25, 0.3) is 0 Å². The van der Waals surface area contributed by atoms with Crippen molar-refractivity contribution in [3.63, 3.8) is 0 Å². The fourth-order valence-electron chi connectivity index (χ4n) is 2.39. The Kier molecular flexibility index (Phi) is 6.17. The van der Waals surface area contributed by atoms with Gasteiger partial charge < -0.3 is 9.84 Å². The molecule has 0 saturated carbocycles. The maximum atomic E-state index is 12.3. The highest BCUT2D eigenvalue weighted by Gasteiger charge is 2.31. The van der Waals surface area contributed by atoms with E-state index >= 15 is 0 Å². The molecule has 0 radical (unpaired) electrons. The van der Waals surface area contributed by atoms with E-state index in [0.29, 0.717) is 5.56 Å². The van der Waals surface area contributed by atoms with Crippen LogP contribution in [-0.4, -0.2) is 20.7 Å². The van der Waals surface area contributed by atoms with Crippen LogP contribution in [0.5, 0.6) is 11.5 Å². The van der Waals surface area contributed by atoms with Gasteiger partial charge in [0, 0.05) is 5.56 Å². The molecular weight excluding hydrogens is 411 g/mol. The SMILES string of the molecule is CCC(C)(C)c1ccc(C(=O)NS(=O)(=O)c2ccc(OC(F)(F)F)cc2)c([O-])c1. The molecular formula is C19H19F3NO5S-. The predicted molar refractivity (Wildman–Crippen MR) is 97.0 cm³/mol. The normalized spacial score (nSPS) is 12.5. The zero-order valence-corrected chi connectivity index (χ0v) is 16.6. The molecule has 0 bridgehead atoms. The number of carbonyl (C=O) groups is 1. The number of benzene rings is 2. The number of halogens is 3. The number of rotatable bonds is 6. The summed E-state index contributed by atoms with van der Waals surface area (Å²) in [7, 11) is -4.40. The fraction of sp³-hybridized carbons (Fsp3) is 0.316. The topological polar surface area (TPSA) is 95.5 Å². The molecule has 0 fully saturated rings. The summed E-state index contributed by atoms with van der Waals surface area (Å²) in [5, 5.41) is 12.3. The zero-order valence-electron chi connectivity index (χ0n) is 15.8. The van der Waals surface area contributed by atoms with Crippen molar-refractivity contribution in [1.82, 2.24) is 4.72 Å². The van der Waals surface area contributed by atoms with Gasteiger partial charge in [-0.3, -0.25) is 4.79 Å². The summed E-state index contributed by atoms with van der Waals surface area (Å²) in [4.78, 5) is 11.8. The summed E-state index contributed by atoms with van der Waals surface area (Å²) in [5.41, 5.74) is 0.0615. The molecule has 0 atom stereocenters. The number of amides is 1. The first kappa shape index (κ1) is 22.5. The second-order valence-corrected chi connectivity index (χ2v) is 8.58.